The van der Waals surface area contributed by atoms with E-state index in [9.17, 15) is 22.8 Å². The normalized spacial score (nSPS) is 16.2. The van der Waals surface area contributed by atoms with Crippen LogP contribution in [0.25, 0.3) is 17.2 Å². The number of likely N-dealkylation sites (N-methyl/N-ethyl adjacent to an activating group) is 1. The minimum Gasteiger partial charge on any atom is -0.365 e. The van der Waals surface area contributed by atoms with Gasteiger partial charge in [-0.2, -0.15) is 18.4 Å². The third kappa shape index (κ3) is 3.91. The lowest BCUT2D eigenvalue weighted by atomic mass is 9.88. The van der Waals surface area contributed by atoms with Crippen LogP contribution >= 0.6 is 0 Å². The Labute approximate surface area is 167 Å². The highest BCUT2D eigenvalue weighted by atomic mass is 19.4. The fourth-order valence-corrected chi connectivity index (χ4v) is 3.47. The van der Waals surface area contributed by atoms with Crippen molar-refractivity contribution in [1.29, 1.82) is 5.26 Å². The standard InChI is InChI=1S/C23H20F4N2/c1-14-12-22(2,3)29(4)21-11-20(24)16(10-19(14)21)9-17(13-28)15-5-7-18(8-6-15)23(25,26)27/h5-12H,1-4H3/b17-9+. The third-order valence-corrected chi connectivity index (χ3v) is 5.28. The van der Waals surface area contributed by atoms with Gasteiger partial charge in [-0.3, -0.25) is 0 Å². The van der Waals surface area contributed by atoms with Crippen LogP contribution in [0.5, 0.6) is 0 Å². The predicted octanol–water partition coefficient (Wildman–Crippen LogP) is 6.54. The summed E-state index contributed by atoms with van der Waals surface area (Å²) < 4.78 is 53.1. The van der Waals surface area contributed by atoms with Gasteiger partial charge < -0.3 is 4.90 Å². The van der Waals surface area contributed by atoms with Gasteiger partial charge in [0.15, 0.2) is 0 Å². The minimum atomic E-state index is -4.46. The summed E-state index contributed by atoms with van der Waals surface area (Å²) in [5, 5.41) is 9.48. The van der Waals surface area contributed by atoms with Crippen molar-refractivity contribution < 1.29 is 17.6 Å². The zero-order valence-electron chi connectivity index (χ0n) is 16.5. The summed E-state index contributed by atoms with van der Waals surface area (Å²) in [6, 6.07) is 9.31. The molecule has 1 aliphatic rings. The van der Waals surface area contributed by atoms with Gasteiger partial charge >= 0.3 is 6.18 Å². The van der Waals surface area contributed by atoms with Crippen LogP contribution in [0.4, 0.5) is 23.2 Å². The van der Waals surface area contributed by atoms with Crippen LogP contribution in [0.1, 0.15) is 43.0 Å². The van der Waals surface area contributed by atoms with E-state index >= 15 is 0 Å². The van der Waals surface area contributed by atoms with E-state index in [1.54, 1.807) is 6.07 Å². The molecule has 6 heteroatoms. The van der Waals surface area contributed by atoms with E-state index < -0.39 is 17.6 Å². The molecule has 2 aromatic rings. The number of alkyl halides is 3. The molecule has 150 valence electrons. The van der Waals surface area contributed by atoms with Gasteiger partial charge in [0.25, 0.3) is 0 Å². The number of hydrogen-bond acceptors (Lipinski definition) is 2. The smallest absolute Gasteiger partial charge is 0.365 e. The van der Waals surface area contributed by atoms with Crippen LogP contribution in [0, 0.1) is 17.1 Å². The number of hydrogen-bond donors (Lipinski definition) is 0. The van der Waals surface area contributed by atoms with Crippen LogP contribution in [-0.4, -0.2) is 12.6 Å². The Hall–Kier alpha value is -3.07. The first-order valence-corrected chi connectivity index (χ1v) is 9.00. The molecule has 0 fully saturated rings. The maximum atomic E-state index is 14.8. The van der Waals surface area contributed by atoms with Crippen molar-refractivity contribution in [3.05, 3.63) is 70.5 Å². The zero-order chi connectivity index (χ0) is 21.6. The summed E-state index contributed by atoms with van der Waals surface area (Å²) in [6.45, 7) is 6.01. The van der Waals surface area contributed by atoms with Gasteiger partial charge in [-0.1, -0.05) is 18.2 Å². The Kier molecular flexibility index (Phi) is 5.04. The fourth-order valence-electron chi connectivity index (χ4n) is 3.47. The van der Waals surface area contributed by atoms with Crippen molar-refractivity contribution in [2.24, 2.45) is 0 Å². The van der Waals surface area contributed by atoms with Gasteiger partial charge in [-0.05, 0) is 62.2 Å². The van der Waals surface area contributed by atoms with Crippen molar-refractivity contribution in [1.82, 2.24) is 0 Å². The van der Waals surface area contributed by atoms with Gasteiger partial charge in [-0.25, -0.2) is 4.39 Å². The molecule has 3 rings (SSSR count). The van der Waals surface area contributed by atoms with E-state index in [1.807, 2.05) is 38.8 Å². The monoisotopic (exact) mass is 400 g/mol. The van der Waals surface area contributed by atoms with E-state index in [1.165, 1.54) is 24.3 Å². The summed E-state index contributed by atoms with van der Waals surface area (Å²) in [5.41, 5.74) is 2.12. The highest BCUT2D eigenvalue weighted by molar-refractivity contribution is 5.91. The van der Waals surface area contributed by atoms with E-state index in [4.69, 9.17) is 0 Å². The minimum absolute atomic E-state index is 0.0868. The zero-order valence-corrected chi connectivity index (χ0v) is 16.5. The Balaban J connectivity index is 2.06. The molecule has 0 saturated carbocycles. The summed E-state index contributed by atoms with van der Waals surface area (Å²) in [5.74, 6) is -0.499. The first-order valence-electron chi connectivity index (χ1n) is 9.00. The lowest BCUT2D eigenvalue weighted by molar-refractivity contribution is -0.137. The Morgan fingerprint density at radius 3 is 2.31 bits per heavy atom. The number of benzene rings is 2. The third-order valence-electron chi connectivity index (χ3n) is 5.28. The molecule has 0 N–H and O–H groups in total. The molecule has 0 amide bonds. The van der Waals surface area contributed by atoms with Gasteiger partial charge in [0.2, 0.25) is 0 Å². The molecule has 1 aliphatic heterocycles. The average molecular weight is 400 g/mol. The van der Waals surface area contributed by atoms with Crippen molar-refractivity contribution in [3.8, 4) is 6.07 Å². The number of nitrogens with zero attached hydrogens (tertiary/aromatic N) is 2. The summed E-state index contributed by atoms with van der Waals surface area (Å²) in [7, 11) is 1.89. The van der Waals surface area contributed by atoms with E-state index in [0.29, 0.717) is 5.56 Å². The fraction of sp³-hybridized carbons (Fsp3) is 0.261. The first kappa shape index (κ1) is 20.7. The van der Waals surface area contributed by atoms with Crippen molar-refractivity contribution >= 4 is 22.9 Å². The van der Waals surface area contributed by atoms with E-state index in [-0.39, 0.29) is 16.7 Å². The second-order valence-corrected chi connectivity index (χ2v) is 7.68. The van der Waals surface area contributed by atoms with E-state index in [2.05, 4.69) is 6.08 Å². The highest BCUT2D eigenvalue weighted by Gasteiger charge is 2.30. The maximum absolute atomic E-state index is 14.8. The van der Waals surface area contributed by atoms with Crippen LogP contribution in [-0.2, 0) is 6.18 Å². The van der Waals surface area contributed by atoms with Crippen molar-refractivity contribution in [2.75, 3.05) is 11.9 Å². The Morgan fingerprint density at radius 2 is 1.76 bits per heavy atom. The summed E-state index contributed by atoms with van der Waals surface area (Å²) in [6.07, 6.45) is -1.00. The Bertz CT molecular complexity index is 1050. The van der Waals surface area contributed by atoms with Crippen molar-refractivity contribution in [3.63, 3.8) is 0 Å². The van der Waals surface area contributed by atoms with Crippen LogP contribution in [0.3, 0.4) is 0 Å². The van der Waals surface area contributed by atoms with Gasteiger partial charge in [0, 0.05) is 23.9 Å². The number of allylic oxidation sites excluding steroid dienone is 2. The lowest BCUT2D eigenvalue weighted by Crippen LogP contribution is -2.42. The molecule has 0 radical (unpaired) electrons. The molecule has 0 unspecified atom stereocenters. The molecule has 0 saturated heterocycles. The molecule has 29 heavy (non-hydrogen) atoms. The van der Waals surface area contributed by atoms with E-state index in [0.717, 1.165) is 29.0 Å². The number of anilines is 1. The highest BCUT2D eigenvalue weighted by Crippen LogP contribution is 2.39. The van der Waals surface area contributed by atoms with Crippen molar-refractivity contribution in [2.45, 2.75) is 32.5 Å². The molecule has 0 aliphatic carbocycles. The molecule has 0 atom stereocenters. The topological polar surface area (TPSA) is 27.0 Å². The van der Waals surface area contributed by atoms with Crippen LogP contribution in [0.15, 0.2) is 42.5 Å². The average Bonchev–Trinajstić information content (AvgIpc) is 2.64. The summed E-state index contributed by atoms with van der Waals surface area (Å²) in [4.78, 5) is 1.98. The quantitative estimate of drug-likeness (QED) is 0.325. The van der Waals surface area contributed by atoms with Gasteiger partial charge in [-0.15, -0.1) is 0 Å². The second kappa shape index (κ2) is 7.07. The molecule has 0 spiro atoms. The summed E-state index contributed by atoms with van der Waals surface area (Å²) >= 11 is 0. The largest absolute Gasteiger partial charge is 0.416 e. The SMILES string of the molecule is CC1=CC(C)(C)N(C)c2cc(F)c(/C=C(\C#N)c3ccc(C(F)(F)F)cc3)cc21. The number of rotatable bonds is 2. The predicted molar refractivity (Wildman–Crippen MR) is 107 cm³/mol. The van der Waals surface area contributed by atoms with Gasteiger partial charge in [0.05, 0.1) is 22.7 Å². The molecular weight excluding hydrogens is 380 g/mol. The maximum Gasteiger partial charge on any atom is 0.416 e. The Morgan fingerprint density at radius 1 is 1.14 bits per heavy atom. The first-order chi connectivity index (χ1) is 13.4. The molecule has 2 aromatic carbocycles. The molecule has 2 nitrogen and oxygen atoms in total. The number of nitriles is 1. The molecule has 0 bridgehead atoms. The van der Waals surface area contributed by atoms with Gasteiger partial charge in [0.1, 0.15) is 5.82 Å². The molecule has 0 aromatic heterocycles. The number of fused-ring (bicyclic) bond motifs is 1. The second-order valence-electron chi connectivity index (χ2n) is 7.68. The number of halogens is 4. The molecular formula is C23H20F4N2. The lowest BCUT2D eigenvalue weighted by Gasteiger charge is -2.40. The van der Waals surface area contributed by atoms with Crippen LogP contribution < -0.4 is 4.90 Å². The van der Waals surface area contributed by atoms with Crippen LogP contribution in [0.2, 0.25) is 0 Å². The molecule has 1 heterocycles.